The Morgan fingerprint density at radius 1 is 1.18 bits per heavy atom. The van der Waals surface area contributed by atoms with Crippen LogP contribution in [0.15, 0.2) is 36.7 Å². The number of benzene rings is 1. The molecule has 1 aromatic carbocycles. The molecule has 0 spiro atoms. The number of aromatic nitrogens is 2. The summed E-state index contributed by atoms with van der Waals surface area (Å²) in [6.07, 6.45) is 2.59. The van der Waals surface area contributed by atoms with E-state index in [1.54, 1.807) is 0 Å². The number of non-ortho nitro benzene ring substituents is 1. The van der Waals surface area contributed by atoms with Crippen LogP contribution in [0.1, 0.15) is 20.8 Å². The van der Waals surface area contributed by atoms with E-state index in [0.29, 0.717) is 0 Å². The second-order valence-electron chi connectivity index (χ2n) is 4.00. The monoisotopic (exact) mass is 302 g/mol. The summed E-state index contributed by atoms with van der Waals surface area (Å²) in [6, 6.07) is 4.99. The Bertz CT molecular complexity index is 729. The van der Waals surface area contributed by atoms with Gasteiger partial charge in [0.15, 0.2) is 11.5 Å². The Kier molecular flexibility index (Phi) is 4.37. The summed E-state index contributed by atoms with van der Waals surface area (Å²) in [4.78, 5) is 41.2. The van der Waals surface area contributed by atoms with E-state index < -0.39 is 16.8 Å². The minimum absolute atomic E-state index is 0.0577. The van der Waals surface area contributed by atoms with Crippen LogP contribution in [-0.4, -0.2) is 33.9 Å². The van der Waals surface area contributed by atoms with Crippen LogP contribution in [0.25, 0.3) is 0 Å². The maximum absolute atomic E-state index is 12.1. The number of ether oxygens (including phenoxy) is 1. The molecule has 0 saturated carbocycles. The molecule has 0 aliphatic rings. The molecule has 0 aliphatic heterocycles. The van der Waals surface area contributed by atoms with E-state index in [1.807, 2.05) is 0 Å². The molecule has 1 aromatic heterocycles. The van der Waals surface area contributed by atoms with Gasteiger partial charge in [0.1, 0.15) is 0 Å². The Morgan fingerprint density at radius 2 is 1.82 bits per heavy atom. The van der Waals surface area contributed by atoms with Crippen molar-refractivity contribution in [1.29, 1.82) is 0 Å². The van der Waals surface area contributed by atoms with Crippen molar-refractivity contribution in [2.24, 2.45) is 0 Å². The highest BCUT2D eigenvalue weighted by Crippen LogP contribution is 2.15. The van der Waals surface area contributed by atoms with E-state index in [1.165, 1.54) is 43.8 Å². The number of amides is 1. The normalized spacial score (nSPS) is 9.86. The number of nitrogens with zero attached hydrogens (tertiary/aromatic N) is 3. The van der Waals surface area contributed by atoms with Gasteiger partial charge in [-0.1, -0.05) is 0 Å². The maximum Gasteiger partial charge on any atom is 0.360 e. The van der Waals surface area contributed by atoms with Gasteiger partial charge in [0.2, 0.25) is 0 Å². The molecule has 0 unspecified atom stereocenters. The van der Waals surface area contributed by atoms with E-state index in [-0.39, 0.29) is 22.8 Å². The van der Waals surface area contributed by atoms with Crippen LogP contribution in [-0.2, 0) is 4.74 Å². The van der Waals surface area contributed by atoms with E-state index in [2.05, 4.69) is 20.0 Å². The minimum atomic E-state index is -0.743. The lowest BCUT2D eigenvalue weighted by atomic mass is 10.2. The van der Waals surface area contributed by atoms with E-state index in [0.717, 1.165) is 0 Å². The van der Waals surface area contributed by atoms with Crippen molar-refractivity contribution in [2.75, 3.05) is 12.4 Å². The standard InChI is InChI=1S/C13H10N4O5/c1-22-13(19)10-11(15-7-6-14-10)16-12(18)8-2-4-9(5-3-8)17(20)21/h2-7H,1H3,(H,15,16,18). The summed E-state index contributed by atoms with van der Waals surface area (Å²) >= 11 is 0. The smallest absolute Gasteiger partial charge is 0.360 e. The second-order valence-corrected chi connectivity index (χ2v) is 4.00. The van der Waals surface area contributed by atoms with Gasteiger partial charge in [0, 0.05) is 30.1 Å². The predicted molar refractivity (Wildman–Crippen MR) is 74.4 cm³/mol. The number of hydrogen-bond acceptors (Lipinski definition) is 7. The molecule has 0 fully saturated rings. The Morgan fingerprint density at radius 3 is 2.41 bits per heavy atom. The molecule has 1 N–H and O–H groups in total. The van der Waals surface area contributed by atoms with Crippen LogP contribution in [0.5, 0.6) is 0 Å². The van der Waals surface area contributed by atoms with Crippen molar-refractivity contribution in [3.8, 4) is 0 Å². The summed E-state index contributed by atoms with van der Waals surface area (Å²) in [5.41, 5.74) is -0.0985. The summed E-state index contributed by atoms with van der Waals surface area (Å²) in [7, 11) is 1.18. The summed E-state index contributed by atoms with van der Waals surface area (Å²) < 4.78 is 4.54. The molecule has 1 amide bonds. The average Bonchev–Trinajstić information content (AvgIpc) is 2.54. The van der Waals surface area contributed by atoms with Gasteiger partial charge >= 0.3 is 5.97 Å². The number of esters is 1. The van der Waals surface area contributed by atoms with Crippen LogP contribution in [0.3, 0.4) is 0 Å². The van der Waals surface area contributed by atoms with Crippen LogP contribution < -0.4 is 5.32 Å². The van der Waals surface area contributed by atoms with Crippen molar-refractivity contribution in [2.45, 2.75) is 0 Å². The fourth-order valence-electron chi connectivity index (χ4n) is 1.59. The number of nitro groups is 1. The first-order chi connectivity index (χ1) is 10.5. The lowest BCUT2D eigenvalue weighted by Crippen LogP contribution is -2.17. The van der Waals surface area contributed by atoms with Crippen molar-refractivity contribution >= 4 is 23.4 Å². The molecule has 0 atom stereocenters. The number of nitrogens with one attached hydrogen (secondary N) is 1. The van der Waals surface area contributed by atoms with Gasteiger partial charge in [-0.05, 0) is 12.1 Å². The van der Waals surface area contributed by atoms with Gasteiger partial charge in [-0.15, -0.1) is 0 Å². The third-order valence-corrected chi connectivity index (χ3v) is 2.65. The zero-order valence-electron chi connectivity index (χ0n) is 11.3. The lowest BCUT2D eigenvalue weighted by Gasteiger charge is -2.07. The molecule has 0 bridgehead atoms. The second kappa shape index (κ2) is 6.39. The number of methoxy groups -OCH3 is 1. The SMILES string of the molecule is COC(=O)c1nccnc1NC(=O)c1ccc([N+](=O)[O-])cc1. The van der Waals surface area contributed by atoms with E-state index in [9.17, 15) is 19.7 Å². The summed E-state index contributed by atoms with van der Waals surface area (Å²) in [6.45, 7) is 0. The van der Waals surface area contributed by atoms with Crippen molar-refractivity contribution in [3.05, 3.63) is 58.0 Å². The zero-order chi connectivity index (χ0) is 16.1. The van der Waals surface area contributed by atoms with Crippen molar-refractivity contribution in [1.82, 2.24) is 9.97 Å². The number of nitro benzene ring substituents is 1. The molecule has 1 heterocycles. The minimum Gasteiger partial charge on any atom is -0.464 e. The highest BCUT2D eigenvalue weighted by molar-refractivity contribution is 6.06. The van der Waals surface area contributed by atoms with Gasteiger partial charge in [-0.3, -0.25) is 14.9 Å². The molecular formula is C13H10N4O5. The summed E-state index contributed by atoms with van der Waals surface area (Å²) in [5, 5.41) is 13.0. The predicted octanol–water partition coefficient (Wildman–Crippen LogP) is 1.42. The third kappa shape index (κ3) is 3.20. The molecule has 2 rings (SSSR count). The number of carbonyl (C=O) groups is 2. The van der Waals surface area contributed by atoms with E-state index >= 15 is 0 Å². The molecule has 0 saturated heterocycles. The Balaban J connectivity index is 2.22. The molecule has 0 aliphatic carbocycles. The number of anilines is 1. The molecule has 2 aromatic rings. The lowest BCUT2D eigenvalue weighted by molar-refractivity contribution is -0.384. The molecule has 22 heavy (non-hydrogen) atoms. The molecular weight excluding hydrogens is 292 g/mol. The number of carbonyl (C=O) groups excluding carboxylic acids is 2. The first kappa shape index (κ1) is 15.0. The first-order valence-electron chi connectivity index (χ1n) is 5.98. The fraction of sp³-hybridized carbons (Fsp3) is 0.0769. The van der Waals surface area contributed by atoms with Gasteiger partial charge in [-0.2, -0.15) is 0 Å². The fourth-order valence-corrected chi connectivity index (χ4v) is 1.59. The highest BCUT2D eigenvalue weighted by Gasteiger charge is 2.17. The van der Waals surface area contributed by atoms with Gasteiger partial charge in [0.25, 0.3) is 11.6 Å². The topological polar surface area (TPSA) is 124 Å². The average molecular weight is 302 g/mol. The van der Waals surface area contributed by atoms with Crippen LogP contribution in [0.2, 0.25) is 0 Å². The Hall–Kier alpha value is -3.36. The summed E-state index contributed by atoms with van der Waals surface area (Å²) in [5.74, 6) is -1.38. The maximum atomic E-state index is 12.1. The third-order valence-electron chi connectivity index (χ3n) is 2.65. The highest BCUT2D eigenvalue weighted by atomic mass is 16.6. The largest absolute Gasteiger partial charge is 0.464 e. The first-order valence-corrected chi connectivity index (χ1v) is 5.98. The molecule has 112 valence electrons. The van der Waals surface area contributed by atoms with Crippen LogP contribution >= 0.6 is 0 Å². The van der Waals surface area contributed by atoms with Crippen molar-refractivity contribution < 1.29 is 19.2 Å². The molecule has 9 nitrogen and oxygen atoms in total. The molecule has 9 heteroatoms. The van der Waals surface area contributed by atoms with Crippen molar-refractivity contribution in [3.63, 3.8) is 0 Å². The van der Waals surface area contributed by atoms with Gasteiger partial charge in [0.05, 0.1) is 12.0 Å². The Labute approximate surface area is 124 Å². The van der Waals surface area contributed by atoms with Crippen LogP contribution in [0, 0.1) is 10.1 Å². The number of hydrogen-bond donors (Lipinski definition) is 1. The van der Waals surface area contributed by atoms with E-state index in [4.69, 9.17) is 0 Å². The zero-order valence-corrected chi connectivity index (χ0v) is 11.3. The molecule has 0 radical (unpaired) electrons. The van der Waals surface area contributed by atoms with Gasteiger partial charge in [-0.25, -0.2) is 14.8 Å². The van der Waals surface area contributed by atoms with Crippen LogP contribution in [0.4, 0.5) is 11.5 Å². The van der Waals surface area contributed by atoms with Gasteiger partial charge < -0.3 is 10.1 Å². The number of rotatable bonds is 4. The quantitative estimate of drug-likeness (QED) is 0.514.